The van der Waals surface area contributed by atoms with Crippen LogP contribution in [0.25, 0.3) is 19.5 Å². The summed E-state index contributed by atoms with van der Waals surface area (Å²) in [6.07, 6.45) is 24.2. The van der Waals surface area contributed by atoms with E-state index in [0.29, 0.717) is 17.7 Å². The Morgan fingerprint density at radius 2 is 1.06 bits per heavy atom. The van der Waals surface area contributed by atoms with Gasteiger partial charge in [0.1, 0.15) is 0 Å². The van der Waals surface area contributed by atoms with E-state index in [1.54, 1.807) is 21.8 Å². The van der Waals surface area contributed by atoms with Crippen LogP contribution in [-0.2, 0) is 9.84 Å². The maximum absolute atomic E-state index is 14.3. The predicted molar refractivity (Wildman–Crippen MR) is 284 cm³/mol. The number of thiophene rings is 3. The van der Waals surface area contributed by atoms with Crippen LogP contribution in [-0.4, -0.2) is 38.2 Å². The zero-order valence-electron chi connectivity index (χ0n) is 40.9. The number of benzene rings is 2. The molecule has 0 saturated heterocycles. The zero-order valence-corrected chi connectivity index (χ0v) is 44.3. The van der Waals surface area contributed by atoms with Crippen molar-refractivity contribution in [1.82, 2.24) is 4.90 Å². The van der Waals surface area contributed by atoms with Gasteiger partial charge in [0.2, 0.25) is 0 Å². The van der Waals surface area contributed by atoms with E-state index in [0.717, 1.165) is 54.9 Å². The van der Waals surface area contributed by atoms with E-state index in [9.17, 15) is 9.59 Å². The Kier molecular flexibility index (Phi) is 17.4. The summed E-state index contributed by atoms with van der Waals surface area (Å²) in [5.41, 5.74) is 4.44. The molecule has 4 nitrogen and oxygen atoms in total. The van der Waals surface area contributed by atoms with E-state index < -0.39 is 8.32 Å². The number of nitrogens with zero attached hydrogens (tertiary/aromatic N) is 1. The molecule has 2 aromatic carbocycles. The van der Waals surface area contributed by atoms with Crippen molar-refractivity contribution in [2.24, 2.45) is 0 Å². The Labute approximate surface area is 405 Å². The Morgan fingerprint density at radius 1 is 0.569 bits per heavy atom. The first kappa shape index (κ1) is 49.8. The third-order valence-electron chi connectivity index (χ3n) is 14.5. The van der Waals surface area contributed by atoms with Crippen LogP contribution in [0.15, 0.2) is 72.8 Å². The molecule has 0 unspecified atom stereocenters. The molecule has 0 atom stereocenters. The van der Waals surface area contributed by atoms with E-state index in [1.165, 1.54) is 125 Å². The molecule has 2 amide bonds. The molecule has 0 radical (unpaired) electrons. The number of aryl methyl sites for hydroxylation is 2. The van der Waals surface area contributed by atoms with Crippen molar-refractivity contribution < 1.29 is 14.0 Å². The van der Waals surface area contributed by atoms with Crippen LogP contribution < -0.4 is 10.4 Å². The number of unbranched alkanes of at least 4 members (excludes halogenated alkanes) is 15. The van der Waals surface area contributed by atoms with Gasteiger partial charge in [-0.25, -0.2) is 0 Å². The number of hydrogen-bond donors (Lipinski definition) is 0. The fraction of sp³-hybridized carbons (Fsp3) is 0.544. The van der Waals surface area contributed by atoms with E-state index in [1.807, 2.05) is 29.6 Å². The van der Waals surface area contributed by atoms with E-state index in [4.69, 9.17) is 4.43 Å². The molecule has 7 rings (SSSR count). The standard InChI is InChI=1S/C57H77NO3S3Si/c1-8-10-12-14-18-28-36-57(37-29-19-15-13-11-9-2)46-40-42(3)62-51(46)52-47(57)41-48(64-52)53-50-49(43(4)63-53)54(59)58(55(50)60)38-30-20-16-17-21-31-39-61-65(56(5,6)7,44-32-24-22-25-33-44)45-34-26-23-27-35-45/h22-27,32-35,40-41H,8-21,28-31,36-39H2,1-7H3. The minimum Gasteiger partial charge on any atom is -0.407 e. The Bertz CT molecular complexity index is 2260. The van der Waals surface area contributed by atoms with Gasteiger partial charge in [-0.05, 0) is 78.2 Å². The van der Waals surface area contributed by atoms with Crippen molar-refractivity contribution in [1.29, 1.82) is 0 Å². The highest BCUT2D eigenvalue weighted by Crippen LogP contribution is 2.61. The number of carbonyl (C=O) groups is 2. The highest BCUT2D eigenvalue weighted by molar-refractivity contribution is 7.27. The Morgan fingerprint density at radius 3 is 1.63 bits per heavy atom. The highest BCUT2D eigenvalue weighted by atomic mass is 32.1. The number of fused-ring (bicyclic) bond motifs is 4. The topological polar surface area (TPSA) is 46.6 Å². The third kappa shape index (κ3) is 10.6. The lowest BCUT2D eigenvalue weighted by Gasteiger charge is -2.43. The average Bonchev–Trinajstić information content (AvgIpc) is 4.09. The van der Waals surface area contributed by atoms with Crippen molar-refractivity contribution >= 4 is 64.5 Å². The molecule has 0 saturated carbocycles. The maximum atomic E-state index is 14.3. The van der Waals surface area contributed by atoms with Gasteiger partial charge in [0.25, 0.3) is 20.1 Å². The van der Waals surface area contributed by atoms with E-state index in [-0.39, 0.29) is 22.3 Å². The minimum absolute atomic E-state index is 0.0221. The van der Waals surface area contributed by atoms with Crippen molar-refractivity contribution in [3.05, 3.63) is 105 Å². The van der Waals surface area contributed by atoms with Gasteiger partial charge in [0.05, 0.1) is 16.0 Å². The molecule has 350 valence electrons. The molecule has 3 aromatic heterocycles. The molecule has 0 spiro atoms. The Balaban J connectivity index is 0.979. The normalized spacial score (nSPS) is 14.4. The molecule has 1 aliphatic carbocycles. The molecule has 8 heteroatoms. The van der Waals surface area contributed by atoms with Crippen LogP contribution in [0.3, 0.4) is 0 Å². The second-order valence-electron chi connectivity index (χ2n) is 20.2. The number of carbonyl (C=O) groups excluding carboxylic acids is 2. The summed E-state index contributed by atoms with van der Waals surface area (Å²) in [4.78, 5) is 37.3. The van der Waals surface area contributed by atoms with Gasteiger partial charge in [-0.1, -0.05) is 198 Å². The van der Waals surface area contributed by atoms with Crippen LogP contribution >= 0.6 is 34.0 Å². The molecule has 1 aliphatic heterocycles. The molecule has 65 heavy (non-hydrogen) atoms. The van der Waals surface area contributed by atoms with Gasteiger partial charge >= 0.3 is 0 Å². The molecule has 0 N–H and O–H groups in total. The largest absolute Gasteiger partial charge is 0.407 e. The summed E-state index contributed by atoms with van der Waals surface area (Å²) in [6, 6.07) is 26.8. The molecular weight excluding hydrogens is 871 g/mol. The van der Waals surface area contributed by atoms with Gasteiger partial charge < -0.3 is 4.43 Å². The third-order valence-corrected chi connectivity index (χ3v) is 23.2. The first-order chi connectivity index (χ1) is 31.5. The predicted octanol–water partition coefficient (Wildman–Crippen LogP) is 16.4. The number of imide groups is 1. The quantitative estimate of drug-likeness (QED) is 0.0299. The van der Waals surface area contributed by atoms with Crippen LogP contribution in [0.1, 0.15) is 205 Å². The lowest BCUT2D eigenvalue weighted by atomic mass is 9.71. The van der Waals surface area contributed by atoms with Crippen molar-refractivity contribution in [2.75, 3.05) is 13.2 Å². The maximum Gasteiger partial charge on any atom is 0.263 e. The molecule has 0 bridgehead atoms. The van der Waals surface area contributed by atoms with Crippen LogP contribution in [0.5, 0.6) is 0 Å². The van der Waals surface area contributed by atoms with Crippen molar-refractivity contribution in [2.45, 2.75) is 187 Å². The molecule has 5 aromatic rings. The monoisotopic (exact) mass is 947 g/mol. The zero-order chi connectivity index (χ0) is 46.0. The van der Waals surface area contributed by atoms with Gasteiger partial charge in [-0.3, -0.25) is 14.5 Å². The second-order valence-corrected chi connectivity index (χ2v) is 28.0. The number of hydrogen-bond acceptors (Lipinski definition) is 6. The average molecular weight is 949 g/mol. The smallest absolute Gasteiger partial charge is 0.263 e. The lowest BCUT2D eigenvalue weighted by molar-refractivity contribution is 0.0651. The highest BCUT2D eigenvalue weighted by Gasteiger charge is 2.50. The fourth-order valence-corrected chi connectivity index (χ4v) is 19.5. The lowest BCUT2D eigenvalue weighted by Crippen LogP contribution is -2.66. The minimum atomic E-state index is -2.52. The summed E-state index contributed by atoms with van der Waals surface area (Å²) in [5.74, 6) is -0.178. The molecule has 0 fully saturated rings. The summed E-state index contributed by atoms with van der Waals surface area (Å²) >= 11 is 5.50. The van der Waals surface area contributed by atoms with Crippen molar-refractivity contribution in [3.63, 3.8) is 0 Å². The summed E-state index contributed by atoms with van der Waals surface area (Å²) in [5, 5.41) is 2.63. The molecule has 4 heterocycles. The SMILES string of the molecule is CCCCCCCCC1(CCCCCCCC)c2cc(C)sc2-c2sc(-c3sc(C)c4c3C(=O)N(CCCCCCCCO[Si](c3ccccc3)(c3ccccc3)C(C)(C)C)C4=O)cc21. The first-order valence-electron chi connectivity index (χ1n) is 25.5. The van der Waals surface area contributed by atoms with Crippen LogP contribution in [0.4, 0.5) is 0 Å². The van der Waals surface area contributed by atoms with Crippen LogP contribution in [0.2, 0.25) is 5.04 Å². The van der Waals surface area contributed by atoms with E-state index >= 15 is 0 Å². The van der Waals surface area contributed by atoms with Crippen molar-refractivity contribution in [3.8, 4) is 19.5 Å². The number of rotatable bonds is 27. The van der Waals surface area contributed by atoms with Gasteiger partial charge in [-0.15, -0.1) is 34.0 Å². The summed E-state index contributed by atoms with van der Waals surface area (Å²) in [6.45, 7) is 17.2. The molecular formula is C57H77NO3S3Si. The second kappa shape index (κ2) is 22.8. The summed E-state index contributed by atoms with van der Waals surface area (Å²) < 4.78 is 7.12. The van der Waals surface area contributed by atoms with Gasteiger partial charge in [0, 0.05) is 43.0 Å². The summed E-state index contributed by atoms with van der Waals surface area (Å²) in [7, 11) is -2.52. The number of amides is 2. The fourth-order valence-electron chi connectivity index (χ4n) is 11.1. The van der Waals surface area contributed by atoms with E-state index in [2.05, 4.69) is 114 Å². The molecule has 2 aliphatic rings. The van der Waals surface area contributed by atoms with Gasteiger partial charge in [0.15, 0.2) is 0 Å². The first-order valence-corrected chi connectivity index (χ1v) is 29.8. The van der Waals surface area contributed by atoms with Gasteiger partial charge in [-0.2, -0.15) is 0 Å². The van der Waals surface area contributed by atoms with Crippen LogP contribution in [0, 0.1) is 13.8 Å². The Hall–Kier alpha value is -3.14.